The Kier molecular flexibility index (Phi) is 5.28. The molecule has 1 heterocycles. The number of nitrogens with one attached hydrogen (secondary N) is 1. The lowest BCUT2D eigenvalue weighted by Crippen LogP contribution is -2.16. The molecule has 21 heavy (non-hydrogen) atoms. The zero-order chi connectivity index (χ0) is 15.1. The van der Waals surface area contributed by atoms with Crippen molar-refractivity contribution in [3.05, 3.63) is 35.9 Å². The first kappa shape index (κ1) is 15.0. The van der Waals surface area contributed by atoms with Crippen molar-refractivity contribution in [3.63, 3.8) is 0 Å². The third-order valence-electron chi connectivity index (χ3n) is 2.93. The minimum Gasteiger partial charge on any atom is -0.467 e. The molecule has 1 unspecified atom stereocenters. The molecule has 2 rings (SSSR count). The number of hydrogen-bond donors (Lipinski definition) is 2. The molecule has 2 aromatic rings. The van der Waals surface area contributed by atoms with Crippen LogP contribution in [0, 0.1) is 0 Å². The topological polar surface area (TPSA) is 95.2 Å². The van der Waals surface area contributed by atoms with Crippen LogP contribution in [0.2, 0.25) is 0 Å². The molecule has 1 aromatic carbocycles. The summed E-state index contributed by atoms with van der Waals surface area (Å²) in [5, 5.41) is 3.09. The largest absolute Gasteiger partial charge is 0.467 e. The molecule has 7 heteroatoms. The minimum absolute atomic E-state index is 0.0377. The fourth-order valence-electron chi connectivity index (χ4n) is 1.81. The monoisotopic (exact) mass is 289 g/mol. The molecule has 112 valence electrons. The second-order valence-corrected chi connectivity index (χ2v) is 4.37. The van der Waals surface area contributed by atoms with E-state index in [-0.39, 0.29) is 18.1 Å². The summed E-state index contributed by atoms with van der Waals surface area (Å²) in [5.41, 5.74) is 7.23. The molecule has 7 nitrogen and oxygen atoms in total. The van der Waals surface area contributed by atoms with Gasteiger partial charge in [0, 0.05) is 12.6 Å². The maximum atomic E-state index is 6.13. The number of hydrogen-bond acceptors (Lipinski definition) is 7. The number of rotatable bonds is 7. The molecule has 0 fully saturated rings. The van der Waals surface area contributed by atoms with Crippen molar-refractivity contribution in [2.75, 3.05) is 26.1 Å². The summed E-state index contributed by atoms with van der Waals surface area (Å²) in [5.74, 6) is 0.402. The second kappa shape index (κ2) is 7.39. The van der Waals surface area contributed by atoms with Crippen molar-refractivity contribution in [1.29, 1.82) is 0 Å². The van der Waals surface area contributed by atoms with Gasteiger partial charge in [-0.3, -0.25) is 0 Å². The molecular weight excluding hydrogens is 270 g/mol. The van der Waals surface area contributed by atoms with Gasteiger partial charge < -0.3 is 20.5 Å². The van der Waals surface area contributed by atoms with Gasteiger partial charge in [-0.1, -0.05) is 30.3 Å². The first-order valence-electron chi connectivity index (χ1n) is 6.61. The van der Waals surface area contributed by atoms with E-state index in [1.807, 2.05) is 30.3 Å². The summed E-state index contributed by atoms with van der Waals surface area (Å²) in [7, 11) is 2.98. The maximum absolute atomic E-state index is 6.13. The fraction of sp³-hybridized carbons (Fsp3) is 0.357. The van der Waals surface area contributed by atoms with E-state index in [4.69, 9.17) is 15.2 Å². The predicted octanol–water partition coefficient (Wildman–Crippen LogP) is 1.39. The van der Waals surface area contributed by atoms with E-state index >= 15 is 0 Å². The number of nitrogens with zero attached hydrogens (tertiary/aromatic N) is 3. The van der Waals surface area contributed by atoms with Gasteiger partial charge in [-0.15, -0.1) is 4.98 Å². The highest BCUT2D eigenvalue weighted by molar-refractivity contribution is 5.27. The molecule has 0 saturated heterocycles. The molecule has 3 N–H and O–H groups in total. The number of anilines is 1. The summed E-state index contributed by atoms with van der Waals surface area (Å²) in [4.78, 5) is 12.1. The molecule has 0 aliphatic carbocycles. The highest BCUT2D eigenvalue weighted by atomic mass is 16.5. The summed E-state index contributed by atoms with van der Waals surface area (Å²) in [6.45, 7) is 0.631. The van der Waals surface area contributed by atoms with Crippen LogP contribution in [-0.2, 0) is 0 Å². The molecule has 0 aliphatic heterocycles. The Morgan fingerprint density at radius 3 is 2.24 bits per heavy atom. The first-order valence-corrected chi connectivity index (χ1v) is 6.61. The smallest absolute Gasteiger partial charge is 0.324 e. The van der Waals surface area contributed by atoms with Crippen molar-refractivity contribution in [3.8, 4) is 12.0 Å². The van der Waals surface area contributed by atoms with Crippen LogP contribution in [-0.4, -0.2) is 35.7 Å². The maximum Gasteiger partial charge on any atom is 0.324 e. The SMILES string of the molecule is COc1nc(NCCC(N)c2ccccc2)nc(OC)n1. The number of nitrogens with two attached hydrogens (primary N) is 1. The second-order valence-electron chi connectivity index (χ2n) is 4.37. The van der Waals surface area contributed by atoms with Crippen LogP contribution in [0.1, 0.15) is 18.0 Å². The minimum atomic E-state index is -0.0377. The van der Waals surface area contributed by atoms with E-state index in [1.54, 1.807) is 0 Å². The highest BCUT2D eigenvalue weighted by Gasteiger charge is 2.08. The van der Waals surface area contributed by atoms with Crippen molar-refractivity contribution < 1.29 is 9.47 Å². The highest BCUT2D eigenvalue weighted by Crippen LogP contribution is 2.15. The lowest BCUT2D eigenvalue weighted by atomic mass is 10.1. The fourth-order valence-corrected chi connectivity index (χ4v) is 1.81. The van der Waals surface area contributed by atoms with Crippen LogP contribution in [0.15, 0.2) is 30.3 Å². The van der Waals surface area contributed by atoms with Gasteiger partial charge in [-0.05, 0) is 12.0 Å². The molecule has 0 amide bonds. The van der Waals surface area contributed by atoms with Gasteiger partial charge in [0.05, 0.1) is 14.2 Å². The lowest BCUT2D eigenvalue weighted by molar-refractivity contribution is 0.341. The molecule has 0 bridgehead atoms. The van der Waals surface area contributed by atoms with Crippen LogP contribution in [0.5, 0.6) is 12.0 Å². The number of methoxy groups -OCH3 is 2. The molecular formula is C14H19N5O2. The lowest BCUT2D eigenvalue weighted by Gasteiger charge is -2.12. The molecule has 1 aromatic heterocycles. The van der Waals surface area contributed by atoms with Gasteiger partial charge in [0.25, 0.3) is 0 Å². The Hall–Kier alpha value is -2.41. The van der Waals surface area contributed by atoms with Crippen LogP contribution in [0.4, 0.5) is 5.95 Å². The Bertz CT molecular complexity index is 542. The van der Waals surface area contributed by atoms with Gasteiger partial charge in [0.2, 0.25) is 5.95 Å². The Morgan fingerprint density at radius 1 is 1.05 bits per heavy atom. The summed E-state index contributed by atoms with van der Waals surface area (Å²) in [6.07, 6.45) is 0.750. The summed E-state index contributed by atoms with van der Waals surface area (Å²) in [6, 6.07) is 10.3. The number of aromatic nitrogens is 3. The van der Waals surface area contributed by atoms with Crippen LogP contribution in [0.25, 0.3) is 0 Å². The van der Waals surface area contributed by atoms with E-state index in [1.165, 1.54) is 14.2 Å². The summed E-state index contributed by atoms with van der Waals surface area (Å²) < 4.78 is 9.97. The van der Waals surface area contributed by atoms with Crippen molar-refractivity contribution in [2.24, 2.45) is 5.73 Å². The Labute approximate surface area is 123 Å². The Morgan fingerprint density at radius 2 is 1.67 bits per heavy atom. The van der Waals surface area contributed by atoms with Crippen LogP contribution < -0.4 is 20.5 Å². The zero-order valence-corrected chi connectivity index (χ0v) is 12.1. The van der Waals surface area contributed by atoms with Gasteiger partial charge in [0.15, 0.2) is 0 Å². The number of benzene rings is 1. The van der Waals surface area contributed by atoms with Crippen LogP contribution >= 0.6 is 0 Å². The van der Waals surface area contributed by atoms with E-state index in [0.29, 0.717) is 12.5 Å². The van der Waals surface area contributed by atoms with Gasteiger partial charge in [0.1, 0.15) is 0 Å². The van der Waals surface area contributed by atoms with E-state index < -0.39 is 0 Å². The average Bonchev–Trinajstić information content (AvgIpc) is 2.55. The first-order chi connectivity index (χ1) is 10.2. The van der Waals surface area contributed by atoms with E-state index in [9.17, 15) is 0 Å². The van der Waals surface area contributed by atoms with E-state index in [2.05, 4.69) is 20.3 Å². The molecule has 0 radical (unpaired) electrons. The third kappa shape index (κ3) is 4.28. The molecule has 1 atom stereocenters. The standard InChI is InChI=1S/C14H19N5O2/c1-20-13-17-12(18-14(19-13)21-2)16-9-8-11(15)10-6-4-3-5-7-10/h3-7,11H,8-9,15H2,1-2H3,(H,16,17,18,19). The summed E-state index contributed by atoms with van der Waals surface area (Å²) >= 11 is 0. The van der Waals surface area contributed by atoms with Crippen molar-refractivity contribution in [1.82, 2.24) is 15.0 Å². The molecule has 0 spiro atoms. The van der Waals surface area contributed by atoms with Crippen molar-refractivity contribution >= 4 is 5.95 Å². The van der Waals surface area contributed by atoms with Crippen molar-refractivity contribution in [2.45, 2.75) is 12.5 Å². The third-order valence-corrected chi connectivity index (χ3v) is 2.93. The van der Waals surface area contributed by atoms with Crippen LogP contribution in [0.3, 0.4) is 0 Å². The molecule has 0 aliphatic rings. The Balaban J connectivity index is 1.91. The quantitative estimate of drug-likeness (QED) is 0.795. The zero-order valence-electron chi connectivity index (χ0n) is 12.1. The number of ether oxygens (including phenoxy) is 2. The average molecular weight is 289 g/mol. The van der Waals surface area contributed by atoms with Gasteiger partial charge in [-0.2, -0.15) is 9.97 Å². The van der Waals surface area contributed by atoms with Gasteiger partial charge >= 0.3 is 12.0 Å². The predicted molar refractivity (Wildman–Crippen MR) is 79.4 cm³/mol. The molecule has 0 saturated carbocycles. The van der Waals surface area contributed by atoms with E-state index in [0.717, 1.165) is 12.0 Å². The normalized spacial score (nSPS) is 11.8. The van der Waals surface area contributed by atoms with Gasteiger partial charge in [-0.25, -0.2) is 0 Å².